The van der Waals surface area contributed by atoms with E-state index in [2.05, 4.69) is 15.3 Å². The number of H-pyrrole nitrogens is 1. The van der Waals surface area contributed by atoms with E-state index in [0.29, 0.717) is 28.6 Å². The first-order chi connectivity index (χ1) is 16.3. The molecule has 1 amide bonds. The van der Waals surface area contributed by atoms with E-state index < -0.39 is 12.0 Å². The number of hydrogen-bond donors (Lipinski definition) is 3. The van der Waals surface area contributed by atoms with Crippen molar-refractivity contribution in [1.82, 2.24) is 20.2 Å². The summed E-state index contributed by atoms with van der Waals surface area (Å²) in [6.07, 6.45) is 4.09. The number of carbonyl (C=O) groups is 2. The first-order valence-corrected chi connectivity index (χ1v) is 11.8. The van der Waals surface area contributed by atoms with E-state index in [1.54, 1.807) is 41.7 Å². The minimum Gasteiger partial charge on any atom is -0.478 e. The molecule has 0 fully saturated rings. The zero-order chi connectivity index (χ0) is 24.7. The Morgan fingerprint density at radius 3 is 2.59 bits per heavy atom. The van der Waals surface area contributed by atoms with Gasteiger partial charge in [0.05, 0.1) is 28.0 Å². The molecule has 9 heteroatoms. The normalized spacial score (nSPS) is 12.0. The van der Waals surface area contributed by atoms with Crippen molar-refractivity contribution in [2.75, 3.05) is 6.54 Å². The first kappa shape index (κ1) is 25.7. The molecule has 2 aromatic carbocycles. The Bertz CT molecular complexity index is 1120. The SMILES string of the molecule is CC(C)C(NCCc1cnc[nH]1)C(=O)N(Cc1cccc(C(=O)O)c1)Cc1cccc(Cl)c1Cl. The maximum Gasteiger partial charge on any atom is 0.335 e. The van der Waals surface area contributed by atoms with E-state index in [4.69, 9.17) is 23.2 Å². The number of imidazole rings is 1. The number of aromatic carboxylic acids is 1. The molecule has 1 atom stereocenters. The molecule has 0 saturated heterocycles. The van der Waals surface area contributed by atoms with Gasteiger partial charge in [0.2, 0.25) is 5.91 Å². The van der Waals surface area contributed by atoms with E-state index in [0.717, 1.165) is 11.3 Å². The third-order valence-electron chi connectivity index (χ3n) is 5.50. The molecule has 0 bridgehead atoms. The van der Waals surface area contributed by atoms with Gasteiger partial charge in [-0.05, 0) is 35.2 Å². The second-order valence-electron chi connectivity index (χ2n) is 8.42. The lowest BCUT2D eigenvalue weighted by atomic mass is 10.0. The summed E-state index contributed by atoms with van der Waals surface area (Å²) in [7, 11) is 0. The summed E-state index contributed by atoms with van der Waals surface area (Å²) >= 11 is 12.6. The third kappa shape index (κ3) is 6.82. The van der Waals surface area contributed by atoms with E-state index >= 15 is 0 Å². The van der Waals surface area contributed by atoms with Crippen LogP contribution < -0.4 is 5.32 Å². The maximum atomic E-state index is 13.8. The van der Waals surface area contributed by atoms with Gasteiger partial charge in [0.1, 0.15) is 0 Å². The largest absolute Gasteiger partial charge is 0.478 e. The molecule has 0 spiro atoms. The van der Waals surface area contributed by atoms with Crippen LogP contribution in [0.1, 0.15) is 41.0 Å². The highest BCUT2D eigenvalue weighted by atomic mass is 35.5. The maximum absolute atomic E-state index is 13.8. The van der Waals surface area contributed by atoms with Gasteiger partial charge in [0.25, 0.3) is 0 Å². The van der Waals surface area contributed by atoms with Crippen LogP contribution in [0.3, 0.4) is 0 Å². The Morgan fingerprint density at radius 2 is 1.91 bits per heavy atom. The van der Waals surface area contributed by atoms with Crippen LogP contribution in [0.4, 0.5) is 0 Å². The van der Waals surface area contributed by atoms with Crippen LogP contribution in [0.2, 0.25) is 10.0 Å². The molecule has 0 aliphatic carbocycles. The molecule has 3 N–H and O–H groups in total. The average molecular weight is 503 g/mol. The van der Waals surface area contributed by atoms with E-state index in [1.807, 2.05) is 26.0 Å². The van der Waals surface area contributed by atoms with Crippen molar-refractivity contribution in [2.45, 2.75) is 39.4 Å². The molecule has 7 nitrogen and oxygen atoms in total. The van der Waals surface area contributed by atoms with Gasteiger partial charge in [-0.2, -0.15) is 0 Å². The van der Waals surface area contributed by atoms with E-state index in [-0.39, 0.29) is 30.5 Å². The van der Waals surface area contributed by atoms with Gasteiger partial charge < -0.3 is 20.3 Å². The fraction of sp³-hybridized carbons (Fsp3) is 0.320. The topological polar surface area (TPSA) is 98.3 Å². The molecular formula is C25H28Cl2N4O3. The zero-order valence-electron chi connectivity index (χ0n) is 19.1. The minimum absolute atomic E-state index is 0.0250. The molecule has 1 aromatic heterocycles. The van der Waals surface area contributed by atoms with Crippen molar-refractivity contribution in [1.29, 1.82) is 0 Å². The minimum atomic E-state index is -1.02. The van der Waals surface area contributed by atoms with Crippen molar-refractivity contribution in [3.8, 4) is 0 Å². The number of aromatic amines is 1. The van der Waals surface area contributed by atoms with Crippen LogP contribution in [0.25, 0.3) is 0 Å². The van der Waals surface area contributed by atoms with Crippen LogP contribution in [-0.4, -0.2) is 44.4 Å². The number of benzene rings is 2. The van der Waals surface area contributed by atoms with Gasteiger partial charge >= 0.3 is 5.97 Å². The molecule has 3 aromatic rings. The molecule has 0 aliphatic rings. The predicted molar refractivity (Wildman–Crippen MR) is 133 cm³/mol. The molecule has 180 valence electrons. The lowest BCUT2D eigenvalue weighted by molar-refractivity contribution is -0.135. The Labute approximate surface area is 209 Å². The van der Waals surface area contributed by atoms with Gasteiger partial charge in [0.15, 0.2) is 0 Å². The summed E-state index contributed by atoms with van der Waals surface area (Å²) in [6.45, 7) is 5.04. The van der Waals surface area contributed by atoms with Crippen molar-refractivity contribution in [3.05, 3.63) is 87.4 Å². The highest BCUT2D eigenvalue weighted by Gasteiger charge is 2.28. The Hall–Kier alpha value is -2.87. The fourth-order valence-electron chi connectivity index (χ4n) is 3.70. The summed E-state index contributed by atoms with van der Waals surface area (Å²) in [5.74, 6) is -1.09. The average Bonchev–Trinajstić information content (AvgIpc) is 3.32. The summed E-state index contributed by atoms with van der Waals surface area (Å²) in [6, 6.07) is 11.5. The third-order valence-corrected chi connectivity index (χ3v) is 6.36. The molecule has 1 heterocycles. The number of nitrogens with one attached hydrogen (secondary N) is 2. The molecule has 34 heavy (non-hydrogen) atoms. The van der Waals surface area contributed by atoms with Crippen molar-refractivity contribution in [3.63, 3.8) is 0 Å². The standard InChI is InChI=1S/C25H28Cl2N4O3/c1-16(2)23(29-10-9-20-12-28-15-30-20)24(32)31(14-19-7-4-8-21(26)22(19)27)13-17-5-3-6-18(11-17)25(33)34/h3-8,11-12,15-16,23,29H,9-10,13-14H2,1-2H3,(H,28,30)(H,33,34). The number of carboxylic acids is 1. The van der Waals surface area contributed by atoms with Crippen LogP contribution >= 0.6 is 23.2 Å². The van der Waals surface area contributed by atoms with Gasteiger partial charge in [-0.15, -0.1) is 0 Å². The number of aromatic nitrogens is 2. The van der Waals surface area contributed by atoms with Gasteiger partial charge in [-0.25, -0.2) is 9.78 Å². The van der Waals surface area contributed by atoms with Crippen molar-refractivity contribution < 1.29 is 14.7 Å². The summed E-state index contributed by atoms with van der Waals surface area (Å²) in [5, 5.41) is 13.5. The number of carbonyl (C=O) groups excluding carboxylic acids is 1. The number of hydrogen-bond acceptors (Lipinski definition) is 4. The van der Waals surface area contributed by atoms with E-state index in [1.165, 1.54) is 6.07 Å². The van der Waals surface area contributed by atoms with Gasteiger partial charge in [0, 0.05) is 37.9 Å². The molecule has 0 aliphatic heterocycles. The molecular weight excluding hydrogens is 475 g/mol. The Kier molecular flexibility index (Phi) is 9.10. The molecule has 1 unspecified atom stereocenters. The highest BCUT2D eigenvalue weighted by Crippen LogP contribution is 2.27. The number of nitrogens with zero attached hydrogens (tertiary/aromatic N) is 2. The second-order valence-corrected chi connectivity index (χ2v) is 9.20. The monoisotopic (exact) mass is 502 g/mol. The van der Waals surface area contributed by atoms with Crippen molar-refractivity contribution in [2.24, 2.45) is 5.92 Å². The zero-order valence-corrected chi connectivity index (χ0v) is 20.6. The fourth-order valence-corrected chi connectivity index (χ4v) is 4.08. The van der Waals surface area contributed by atoms with E-state index in [9.17, 15) is 14.7 Å². The Balaban J connectivity index is 1.85. The molecule has 0 saturated carbocycles. The van der Waals surface area contributed by atoms with Gasteiger partial charge in [-0.3, -0.25) is 4.79 Å². The van der Waals surface area contributed by atoms with Crippen LogP contribution in [0.5, 0.6) is 0 Å². The van der Waals surface area contributed by atoms with Gasteiger partial charge in [-0.1, -0.05) is 61.3 Å². The smallest absolute Gasteiger partial charge is 0.335 e. The highest BCUT2D eigenvalue weighted by molar-refractivity contribution is 6.42. The van der Waals surface area contributed by atoms with Crippen LogP contribution in [0.15, 0.2) is 55.0 Å². The lowest BCUT2D eigenvalue weighted by Gasteiger charge is -2.30. The number of amides is 1. The Morgan fingerprint density at radius 1 is 1.15 bits per heavy atom. The quantitative estimate of drug-likeness (QED) is 0.349. The number of halogens is 2. The van der Waals surface area contributed by atoms with Crippen LogP contribution in [0, 0.1) is 5.92 Å². The second kappa shape index (κ2) is 12.0. The lowest BCUT2D eigenvalue weighted by Crippen LogP contribution is -2.49. The molecule has 0 radical (unpaired) electrons. The number of carboxylic acid groups (broad SMARTS) is 1. The first-order valence-electron chi connectivity index (χ1n) is 11.0. The summed E-state index contributed by atoms with van der Waals surface area (Å²) < 4.78 is 0. The predicted octanol–water partition coefficient (Wildman–Crippen LogP) is 4.80. The molecule has 3 rings (SSSR count). The van der Waals surface area contributed by atoms with Crippen LogP contribution in [-0.2, 0) is 24.3 Å². The number of rotatable bonds is 11. The van der Waals surface area contributed by atoms with Crippen molar-refractivity contribution >= 4 is 35.1 Å². The summed E-state index contributed by atoms with van der Waals surface area (Å²) in [4.78, 5) is 34.0. The summed E-state index contributed by atoms with van der Waals surface area (Å²) in [5.41, 5.74) is 2.59.